The lowest BCUT2D eigenvalue weighted by Gasteiger charge is -2.56. The number of allylic oxidation sites excluding steroid dienone is 1. The average molecular weight is 344 g/mol. The van der Waals surface area contributed by atoms with Crippen molar-refractivity contribution in [1.29, 1.82) is 0 Å². The minimum Gasteiger partial charge on any atom is -0.462 e. The number of aldehydes is 1. The first-order chi connectivity index (χ1) is 11.9. The zero-order valence-electron chi connectivity index (χ0n) is 15.3. The van der Waals surface area contributed by atoms with E-state index >= 15 is 0 Å². The van der Waals surface area contributed by atoms with E-state index in [0.29, 0.717) is 30.6 Å². The summed E-state index contributed by atoms with van der Waals surface area (Å²) < 4.78 is 5.67. The summed E-state index contributed by atoms with van der Waals surface area (Å²) in [6.45, 7) is 3.79. The first-order valence-electron chi connectivity index (χ1n) is 9.78. The quantitative estimate of drug-likeness (QED) is 0.567. The van der Waals surface area contributed by atoms with Gasteiger partial charge in [0, 0.05) is 18.8 Å². The second-order valence-corrected chi connectivity index (χ2v) is 8.93. The first-order valence-corrected chi connectivity index (χ1v) is 9.78. The molecule has 25 heavy (non-hydrogen) atoms. The van der Waals surface area contributed by atoms with Crippen molar-refractivity contribution in [3.8, 4) is 0 Å². The molecule has 0 amide bonds. The zero-order chi connectivity index (χ0) is 17.8. The number of esters is 1. The molecule has 4 nitrogen and oxygen atoms in total. The highest BCUT2D eigenvalue weighted by atomic mass is 16.5. The first kappa shape index (κ1) is 17.0. The minimum absolute atomic E-state index is 0.0213. The van der Waals surface area contributed by atoms with E-state index in [1.54, 1.807) is 6.08 Å². The molecule has 0 aromatic rings. The van der Waals surface area contributed by atoms with Crippen LogP contribution in [-0.4, -0.2) is 24.1 Å². The van der Waals surface area contributed by atoms with Gasteiger partial charge in [-0.1, -0.05) is 12.5 Å². The Bertz CT molecular complexity index is 650. The Kier molecular flexibility index (Phi) is 3.93. The highest BCUT2D eigenvalue weighted by Crippen LogP contribution is 2.65. The molecule has 4 rings (SSSR count). The Labute approximate surface area is 149 Å². The summed E-state index contributed by atoms with van der Waals surface area (Å²) in [5, 5.41) is 0. The lowest BCUT2D eigenvalue weighted by molar-refractivity contribution is -0.157. The number of hydrogen-bond acceptors (Lipinski definition) is 4. The molecule has 3 saturated carbocycles. The highest BCUT2D eigenvalue weighted by molar-refractivity contribution is 5.93. The van der Waals surface area contributed by atoms with Crippen LogP contribution in [0.1, 0.15) is 65.2 Å². The maximum absolute atomic E-state index is 12.2. The SMILES string of the molecule is CC(=O)O[C@H]1CC[C@H]2[C@@H]3CCC4=CC(=O)CC[C@]4(C=O)[C@H]3CC[C@]12C. The number of rotatable bonds is 2. The third-order valence-electron chi connectivity index (χ3n) is 8.00. The molecule has 0 heterocycles. The summed E-state index contributed by atoms with van der Waals surface area (Å²) in [6, 6.07) is 0. The number of carbonyl (C=O) groups is 3. The lowest BCUT2D eigenvalue weighted by Crippen LogP contribution is -2.53. The Morgan fingerprint density at radius 2 is 1.96 bits per heavy atom. The molecule has 0 N–H and O–H groups in total. The van der Waals surface area contributed by atoms with Crippen LogP contribution in [0.5, 0.6) is 0 Å². The summed E-state index contributed by atoms with van der Waals surface area (Å²) in [5.74, 6) is 1.38. The van der Waals surface area contributed by atoms with Crippen molar-refractivity contribution < 1.29 is 19.1 Å². The van der Waals surface area contributed by atoms with Crippen LogP contribution in [0.15, 0.2) is 11.6 Å². The van der Waals surface area contributed by atoms with Gasteiger partial charge in [-0.05, 0) is 68.8 Å². The molecule has 6 atom stereocenters. The highest BCUT2D eigenvalue weighted by Gasteiger charge is 2.61. The van der Waals surface area contributed by atoms with Gasteiger partial charge in [0.2, 0.25) is 0 Å². The van der Waals surface area contributed by atoms with E-state index in [0.717, 1.165) is 44.1 Å². The number of fused-ring (bicyclic) bond motifs is 5. The molecule has 0 spiro atoms. The van der Waals surface area contributed by atoms with Crippen LogP contribution in [-0.2, 0) is 19.1 Å². The van der Waals surface area contributed by atoms with E-state index in [-0.39, 0.29) is 23.3 Å². The zero-order valence-corrected chi connectivity index (χ0v) is 15.3. The molecule has 0 aromatic carbocycles. The largest absolute Gasteiger partial charge is 0.462 e. The number of carbonyl (C=O) groups excluding carboxylic acids is 3. The fourth-order valence-corrected chi connectivity index (χ4v) is 6.84. The van der Waals surface area contributed by atoms with Crippen molar-refractivity contribution in [2.24, 2.45) is 28.6 Å². The Balaban J connectivity index is 1.66. The van der Waals surface area contributed by atoms with Gasteiger partial charge in [0.1, 0.15) is 12.4 Å². The van der Waals surface area contributed by atoms with Gasteiger partial charge in [0.05, 0.1) is 5.41 Å². The topological polar surface area (TPSA) is 60.4 Å². The third kappa shape index (κ3) is 2.36. The smallest absolute Gasteiger partial charge is 0.302 e. The molecular weight excluding hydrogens is 316 g/mol. The third-order valence-corrected chi connectivity index (χ3v) is 8.00. The van der Waals surface area contributed by atoms with Crippen LogP contribution in [0.2, 0.25) is 0 Å². The van der Waals surface area contributed by atoms with Crippen LogP contribution in [0.3, 0.4) is 0 Å². The van der Waals surface area contributed by atoms with E-state index in [4.69, 9.17) is 4.74 Å². The van der Waals surface area contributed by atoms with E-state index in [1.807, 2.05) is 0 Å². The maximum Gasteiger partial charge on any atom is 0.302 e. The van der Waals surface area contributed by atoms with Crippen molar-refractivity contribution in [3.05, 3.63) is 11.6 Å². The second-order valence-electron chi connectivity index (χ2n) is 8.93. The van der Waals surface area contributed by atoms with Crippen LogP contribution < -0.4 is 0 Å². The fourth-order valence-electron chi connectivity index (χ4n) is 6.84. The maximum atomic E-state index is 12.2. The van der Waals surface area contributed by atoms with Crippen LogP contribution in [0, 0.1) is 28.6 Å². The summed E-state index contributed by atoms with van der Waals surface area (Å²) in [6.07, 6.45) is 10.1. The van der Waals surface area contributed by atoms with Gasteiger partial charge in [0.15, 0.2) is 5.78 Å². The average Bonchev–Trinajstić information content (AvgIpc) is 2.90. The molecule has 0 saturated heterocycles. The normalized spacial score (nSPS) is 45.7. The lowest BCUT2D eigenvalue weighted by atomic mass is 9.47. The Morgan fingerprint density at radius 1 is 1.16 bits per heavy atom. The van der Waals surface area contributed by atoms with Crippen molar-refractivity contribution in [2.75, 3.05) is 0 Å². The fraction of sp³-hybridized carbons (Fsp3) is 0.762. The Hall–Kier alpha value is -1.45. The second kappa shape index (κ2) is 5.78. The van der Waals surface area contributed by atoms with Crippen LogP contribution >= 0.6 is 0 Å². The van der Waals surface area contributed by atoms with Gasteiger partial charge >= 0.3 is 5.97 Å². The molecule has 0 unspecified atom stereocenters. The Morgan fingerprint density at radius 3 is 2.68 bits per heavy atom. The van der Waals surface area contributed by atoms with Gasteiger partial charge in [-0.2, -0.15) is 0 Å². The van der Waals surface area contributed by atoms with Gasteiger partial charge in [-0.3, -0.25) is 9.59 Å². The summed E-state index contributed by atoms with van der Waals surface area (Å²) in [7, 11) is 0. The molecule has 4 heteroatoms. The summed E-state index contributed by atoms with van der Waals surface area (Å²) >= 11 is 0. The van der Waals surface area contributed by atoms with Gasteiger partial charge < -0.3 is 9.53 Å². The molecule has 0 aliphatic heterocycles. The minimum atomic E-state index is -0.405. The molecule has 0 radical (unpaired) electrons. The van der Waals surface area contributed by atoms with Crippen molar-refractivity contribution in [3.63, 3.8) is 0 Å². The molecule has 0 bridgehead atoms. The number of hydrogen-bond donors (Lipinski definition) is 0. The van der Waals surface area contributed by atoms with Crippen LogP contribution in [0.25, 0.3) is 0 Å². The summed E-state index contributed by atoms with van der Waals surface area (Å²) in [5.41, 5.74) is 0.735. The standard InChI is InChI=1S/C21H28O4/c1-13(23)25-19-6-5-17-16-4-3-14-11-15(24)7-10-21(14,12-22)18(16)8-9-20(17,19)2/h11-12,16-19H,3-10H2,1-2H3/t16-,17-,18-,19-,20-,21+/m0/s1. The number of ketones is 1. The molecule has 3 fully saturated rings. The van der Waals surface area contributed by atoms with E-state index in [9.17, 15) is 14.4 Å². The molecule has 4 aliphatic carbocycles. The van der Waals surface area contributed by atoms with Gasteiger partial charge in [-0.25, -0.2) is 0 Å². The monoisotopic (exact) mass is 344 g/mol. The number of ether oxygens (including phenoxy) is 1. The van der Waals surface area contributed by atoms with Crippen LogP contribution in [0.4, 0.5) is 0 Å². The van der Waals surface area contributed by atoms with Gasteiger partial charge in [-0.15, -0.1) is 0 Å². The van der Waals surface area contributed by atoms with Crippen molar-refractivity contribution >= 4 is 18.0 Å². The van der Waals surface area contributed by atoms with E-state index in [1.165, 1.54) is 13.2 Å². The predicted molar refractivity (Wildman–Crippen MR) is 92.7 cm³/mol. The van der Waals surface area contributed by atoms with E-state index in [2.05, 4.69) is 6.92 Å². The molecule has 0 aromatic heterocycles. The predicted octanol–water partition coefficient (Wildman–Crippen LogP) is 3.63. The summed E-state index contributed by atoms with van der Waals surface area (Å²) in [4.78, 5) is 35.6. The van der Waals surface area contributed by atoms with Crippen molar-refractivity contribution in [1.82, 2.24) is 0 Å². The van der Waals surface area contributed by atoms with Crippen molar-refractivity contribution in [2.45, 2.75) is 71.3 Å². The van der Waals surface area contributed by atoms with Gasteiger partial charge in [0.25, 0.3) is 0 Å². The molecule has 136 valence electrons. The molecular formula is C21H28O4. The molecule has 4 aliphatic rings. The van der Waals surface area contributed by atoms with E-state index < -0.39 is 5.41 Å².